The maximum Gasteiger partial charge on any atom is 0.224 e. The molecule has 0 aliphatic heterocycles. The van der Waals surface area contributed by atoms with Gasteiger partial charge in [0.05, 0.1) is 27.2 Å². The molecular weight excluding hydrogens is 294 g/mol. The van der Waals surface area contributed by atoms with Gasteiger partial charge in [-0.15, -0.1) is 0 Å². The lowest BCUT2D eigenvalue weighted by atomic mass is 10.1. The third-order valence-electron chi connectivity index (χ3n) is 3.27. The Labute approximate surface area is 136 Å². The first-order chi connectivity index (χ1) is 11.2. The molecule has 0 aromatic heterocycles. The van der Waals surface area contributed by atoms with Gasteiger partial charge in [0, 0.05) is 0 Å². The van der Waals surface area contributed by atoms with Crippen molar-refractivity contribution >= 4 is 5.91 Å². The Kier molecular flexibility index (Phi) is 6.29. The fourth-order valence-electron chi connectivity index (χ4n) is 2.08. The molecule has 0 unspecified atom stereocenters. The molecule has 23 heavy (non-hydrogen) atoms. The summed E-state index contributed by atoms with van der Waals surface area (Å²) in [6.07, 6.45) is 0.332. The van der Waals surface area contributed by atoms with Crippen molar-refractivity contribution in [2.75, 3.05) is 27.4 Å². The smallest absolute Gasteiger partial charge is 0.224 e. The number of benzene rings is 2. The number of rotatable bonds is 8. The van der Waals surface area contributed by atoms with Gasteiger partial charge in [0.2, 0.25) is 5.91 Å². The fraction of sp³-hybridized carbons (Fsp3) is 0.278. The molecule has 0 heterocycles. The van der Waals surface area contributed by atoms with Crippen LogP contribution in [0.4, 0.5) is 0 Å². The zero-order chi connectivity index (χ0) is 16.5. The number of carbonyl (C=O) groups is 1. The number of nitrogens with one attached hydrogen (secondary N) is 1. The monoisotopic (exact) mass is 315 g/mol. The van der Waals surface area contributed by atoms with Gasteiger partial charge in [-0.05, 0) is 29.8 Å². The third-order valence-corrected chi connectivity index (χ3v) is 3.27. The normalized spacial score (nSPS) is 10.0. The summed E-state index contributed by atoms with van der Waals surface area (Å²) in [4.78, 5) is 11.9. The average Bonchev–Trinajstić information content (AvgIpc) is 2.59. The molecular formula is C18H21NO4. The van der Waals surface area contributed by atoms with Gasteiger partial charge in [0.25, 0.3) is 0 Å². The van der Waals surface area contributed by atoms with Crippen LogP contribution < -0.4 is 19.5 Å². The van der Waals surface area contributed by atoms with Crippen LogP contribution in [-0.4, -0.2) is 33.3 Å². The molecule has 5 heteroatoms. The minimum absolute atomic E-state index is 0.0428. The highest BCUT2D eigenvalue weighted by atomic mass is 16.5. The number of ether oxygens (including phenoxy) is 3. The van der Waals surface area contributed by atoms with Crippen molar-refractivity contribution in [3.63, 3.8) is 0 Å². The SMILES string of the molecule is COc1ccc(CC(=O)NCCOc2ccccc2OC)cc1. The van der Waals surface area contributed by atoms with Crippen molar-refractivity contribution in [1.29, 1.82) is 0 Å². The molecule has 0 aliphatic rings. The molecule has 2 aromatic rings. The Morgan fingerprint density at radius 3 is 2.30 bits per heavy atom. The Bertz CT molecular complexity index is 625. The first-order valence-corrected chi connectivity index (χ1v) is 7.38. The van der Waals surface area contributed by atoms with E-state index in [1.807, 2.05) is 48.5 Å². The average molecular weight is 315 g/mol. The molecule has 0 atom stereocenters. The van der Waals surface area contributed by atoms with E-state index in [1.165, 1.54) is 0 Å². The Balaban J connectivity index is 1.72. The highest BCUT2D eigenvalue weighted by Crippen LogP contribution is 2.25. The zero-order valence-electron chi connectivity index (χ0n) is 13.4. The predicted octanol–water partition coefficient (Wildman–Crippen LogP) is 2.44. The van der Waals surface area contributed by atoms with Gasteiger partial charge in [0.1, 0.15) is 12.4 Å². The van der Waals surface area contributed by atoms with Crippen LogP contribution in [0, 0.1) is 0 Å². The second-order valence-electron chi connectivity index (χ2n) is 4.87. The van der Waals surface area contributed by atoms with Crippen LogP contribution in [0.25, 0.3) is 0 Å². The highest BCUT2D eigenvalue weighted by molar-refractivity contribution is 5.78. The van der Waals surface area contributed by atoms with E-state index in [2.05, 4.69) is 5.32 Å². The van der Waals surface area contributed by atoms with Crippen LogP contribution in [0.3, 0.4) is 0 Å². The number of para-hydroxylation sites is 2. The molecule has 0 radical (unpaired) electrons. The minimum Gasteiger partial charge on any atom is -0.497 e. The van der Waals surface area contributed by atoms with Gasteiger partial charge in [0.15, 0.2) is 11.5 Å². The molecule has 0 spiro atoms. The standard InChI is InChI=1S/C18H21NO4/c1-21-15-9-7-14(8-10-15)13-18(20)19-11-12-23-17-6-4-3-5-16(17)22-2/h3-10H,11-13H2,1-2H3,(H,19,20). The molecule has 2 aromatic carbocycles. The topological polar surface area (TPSA) is 56.8 Å². The van der Waals surface area contributed by atoms with Gasteiger partial charge < -0.3 is 19.5 Å². The van der Waals surface area contributed by atoms with Crippen molar-refractivity contribution in [1.82, 2.24) is 5.32 Å². The fourth-order valence-corrected chi connectivity index (χ4v) is 2.08. The first kappa shape index (κ1) is 16.7. The molecule has 1 N–H and O–H groups in total. The van der Waals surface area contributed by atoms with Crippen molar-refractivity contribution < 1.29 is 19.0 Å². The lowest BCUT2D eigenvalue weighted by molar-refractivity contribution is -0.120. The molecule has 5 nitrogen and oxygen atoms in total. The lowest BCUT2D eigenvalue weighted by Crippen LogP contribution is -2.29. The van der Waals surface area contributed by atoms with E-state index >= 15 is 0 Å². The van der Waals surface area contributed by atoms with Crippen LogP contribution in [0.15, 0.2) is 48.5 Å². The minimum atomic E-state index is -0.0428. The van der Waals surface area contributed by atoms with Gasteiger partial charge in [-0.3, -0.25) is 4.79 Å². The molecule has 0 fully saturated rings. The van der Waals surface area contributed by atoms with Gasteiger partial charge >= 0.3 is 0 Å². The van der Waals surface area contributed by atoms with Crippen LogP contribution in [-0.2, 0) is 11.2 Å². The second-order valence-corrected chi connectivity index (χ2v) is 4.87. The summed E-state index contributed by atoms with van der Waals surface area (Å²) in [6.45, 7) is 0.821. The first-order valence-electron chi connectivity index (χ1n) is 7.38. The van der Waals surface area contributed by atoms with Crippen LogP contribution in [0.1, 0.15) is 5.56 Å². The zero-order valence-corrected chi connectivity index (χ0v) is 13.4. The van der Waals surface area contributed by atoms with Crippen LogP contribution >= 0.6 is 0 Å². The molecule has 0 saturated carbocycles. The largest absolute Gasteiger partial charge is 0.497 e. The second kappa shape index (κ2) is 8.68. The van der Waals surface area contributed by atoms with E-state index in [9.17, 15) is 4.79 Å². The number of hydrogen-bond acceptors (Lipinski definition) is 4. The van der Waals surface area contributed by atoms with Crippen LogP contribution in [0.2, 0.25) is 0 Å². The van der Waals surface area contributed by atoms with Crippen molar-refractivity contribution in [2.45, 2.75) is 6.42 Å². The maximum absolute atomic E-state index is 11.9. The summed E-state index contributed by atoms with van der Waals surface area (Å²) in [5.74, 6) is 2.08. The van der Waals surface area contributed by atoms with E-state index in [0.717, 1.165) is 11.3 Å². The summed E-state index contributed by atoms with van der Waals surface area (Å²) >= 11 is 0. The third kappa shape index (κ3) is 5.21. The van der Waals surface area contributed by atoms with Crippen molar-refractivity contribution in [2.24, 2.45) is 0 Å². The number of amides is 1. The van der Waals surface area contributed by atoms with Crippen LogP contribution in [0.5, 0.6) is 17.2 Å². The molecule has 0 bridgehead atoms. The Hall–Kier alpha value is -2.69. The predicted molar refractivity (Wildman–Crippen MR) is 88.2 cm³/mol. The van der Waals surface area contributed by atoms with E-state index in [0.29, 0.717) is 31.1 Å². The quantitative estimate of drug-likeness (QED) is 0.760. The van der Waals surface area contributed by atoms with E-state index < -0.39 is 0 Å². The van der Waals surface area contributed by atoms with Gasteiger partial charge in [-0.25, -0.2) is 0 Å². The molecule has 2 rings (SSSR count). The summed E-state index contributed by atoms with van der Waals surface area (Å²) < 4.78 is 15.9. The summed E-state index contributed by atoms with van der Waals surface area (Å²) in [7, 11) is 3.21. The lowest BCUT2D eigenvalue weighted by Gasteiger charge is -2.11. The van der Waals surface area contributed by atoms with Crippen molar-refractivity contribution in [3.8, 4) is 17.2 Å². The summed E-state index contributed by atoms with van der Waals surface area (Å²) in [5, 5.41) is 2.83. The molecule has 122 valence electrons. The summed E-state index contributed by atoms with van der Waals surface area (Å²) in [5.41, 5.74) is 0.939. The number of methoxy groups -OCH3 is 2. The maximum atomic E-state index is 11.9. The number of hydrogen-bond donors (Lipinski definition) is 1. The van der Waals surface area contributed by atoms with Crippen molar-refractivity contribution in [3.05, 3.63) is 54.1 Å². The van der Waals surface area contributed by atoms with Gasteiger partial charge in [-0.2, -0.15) is 0 Å². The Morgan fingerprint density at radius 1 is 0.957 bits per heavy atom. The van der Waals surface area contributed by atoms with E-state index in [1.54, 1.807) is 14.2 Å². The molecule has 0 aliphatic carbocycles. The van der Waals surface area contributed by atoms with E-state index in [-0.39, 0.29) is 5.91 Å². The highest BCUT2D eigenvalue weighted by Gasteiger charge is 2.05. The Morgan fingerprint density at radius 2 is 1.65 bits per heavy atom. The van der Waals surface area contributed by atoms with Gasteiger partial charge in [-0.1, -0.05) is 24.3 Å². The summed E-state index contributed by atoms with van der Waals surface area (Å²) in [6, 6.07) is 14.9. The number of carbonyl (C=O) groups excluding carboxylic acids is 1. The molecule has 0 saturated heterocycles. The van der Waals surface area contributed by atoms with E-state index in [4.69, 9.17) is 14.2 Å². The molecule has 1 amide bonds.